The van der Waals surface area contributed by atoms with Gasteiger partial charge in [0, 0.05) is 32.6 Å². The largest absolute Gasteiger partial charge is 0.379 e. The molecule has 2 fully saturated rings. The molecule has 142 valence electrons. The molecule has 6 nitrogen and oxygen atoms in total. The normalized spacial score (nSPS) is 21.2. The smallest absolute Gasteiger partial charge is 0.227 e. The fraction of sp³-hybridized carbons (Fsp3) is 0.579. The van der Waals surface area contributed by atoms with Crippen molar-refractivity contribution < 1.29 is 18.7 Å². The number of carbonyl (C=O) groups is 2. The van der Waals surface area contributed by atoms with Crippen molar-refractivity contribution in [1.82, 2.24) is 10.2 Å². The van der Waals surface area contributed by atoms with E-state index >= 15 is 0 Å². The third-order valence-electron chi connectivity index (χ3n) is 4.94. The lowest BCUT2D eigenvalue weighted by Gasteiger charge is -2.26. The second-order valence-corrected chi connectivity index (χ2v) is 6.96. The maximum Gasteiger partial charge on any atom is 0.227 e. The molecule has 0 saturated carbocycles. The van der Waals surface area contributed by atoms with Crippen molar-refractivity contribution >= 4 is 17.5 Å². The van der Waals surface area contributed by atoms with Crippen LogP contribution < -0.4 is 10.2 Å². The van der Waals surface area contributed by atoms with Gasteiger partial charge >= 0.3 is 0 Å². The fourth-order valence-electron chi connectivity index (χ4n) is 3.43. The van der Waals surface area contributed by atoms with Crippen LogP contribution in [0.25, 0.3) is 0 Å². The van der Waals surface area contributed by atoms with Gasteiger partial charge in [0.05, 0.1) is 24.8 Å². The van der Waals surface area contributed by atoms with E-state index in [2.05, 4.69) is 10.2 Å². The van der Waals surface area contributed by atoms with Gasteiger partial charge in [0.1, 0.15) is 5.82 Å². The van der Waals surface area contributed by atoms with Gasteiger partial charge in [-0.1, -0.05) is 6.07 Å². The lowest BCUT2D eigenvalue weighted by atomic mass is 10.1. The molecule has 0 spiro atoms. The summed E-state index contributed by atoms with van der Waals surface area (Å²) in [5.41, 5.74) is 1.05. The van der Waals surface area contributed by atoms with E-state index in [0.717, 1.165) is 44.8 Å². The highest BCUT2D eigenvalue weighted by Gasteiger charge is 2.36. The molecule has 2 aliphatic heterocycles. The van der Waals surface area contributed by atoms with Gasteiger partial charge in [0.25, 0.3) is 0 Å². The minimum atomic E-state index is -0.426. The summed E-state index contributed by atoms with van der Waals surface area (Å²) in [6.45, 7) is 6.93. The zero-order valence-electron chi connectivity index (χ0n) is 15.2. The number of anilines is 1. The average Bonchev–Trinajstić information content (AvgIpc) is 3.01. The number of ether oxygens (including phenoxy) is 1. The summed E-state index contributed by atoms with van der Waals surface area (Å²) in [5, 5.41) is 2.91. The summed E-state index contributed by atoms with van der Waals surface area (Å²) in [7, 11) is 0. The molecule has 1 aromatic carbocycles. The number of rotatable bonds is 6. The van der Waals surface area contributed by atoms with Crippen LogP contribution in [0.4, 0.5) is 10.1 Å². The van der Waals surface area contributed by atoms with Crippen molar-refractivity contribution in [3.63, 3.8) is 0 Å². The molecule has 26 heavy (non-hydrogen) atoms. The maximum absolute atomic E-state index is 14.1. The first-order valence-electron chi connectivity index (χ1n) is 9.19. The quantitative estimate of drug-likeness (QED) is 0.775. The Morgan fingerprint density at radius 3 is 2.85 bits per heavy atom. The van der Waals surface area contributed by atoms with E-state index in [9.17, 15) is 14.0 Å². The molecule has 2 aliphatic rings. The molecule has 2 amide bonds. The molecule has 0 aliphatic carbocycles. The first-order valence-corrected chi connectivity index (χ1v) is 9.19. The molecular weight excluding hydrogens is 337 g/mol. The summed E-state index contributed by atoms with van der Waals surface area (Å²) in [6.07, 6.45) is 0.991. The molecule has 1 N–H and O–H groups in total. The van der Waals surface area contributed by atoms with Crippen LogP contribution in [0.1, 0.15) is 18.4 Å². The lowest BCUT2D eigenvalue weighted by molar-refractivity contribution is -0.126. The van der Waals surface area contributed by atoms with E-state index in [0.29, 0.717) is 6.54 Å². The number of halogens is 1. The average molecular weight is 363 g/mol. The SMILES string of the molecule is Cc1ccc(N2C[C@H](C(=O)NCCCN3CCOCC3)CC2=O)c(F)c1. The molecule has 7 heteroatoms. The Bertz CT molecular complexity index is 661. The van der Waals surface area contributed by atoms with Gasteiger partial charge in [0.2, 0.25) is 11.8 Å². The number of amides is 2. The standard InChI is InChI=1S/C19H26FN3O3/c1-14-3-4-17(16(20)11-14)23-13-15(12-18(23)24)19(25)21-5-2-6-22-7-9-26-10-8-22/h3-4,11,15H,2,5-10,12-13H2,1H3,(H,21,25)/t15-/m1/s1. The van der Waals surface area contributed by atoms with Gasteiger partial charge in [-0.2, -0.15) is 0 Å². The molecule has 0 bridgehead atoms. The van der Waals surface area contributed by atoms with Crippen molar-refractivity contribution in [1.29, 1.82) is 0 Å². The van der Waals surface area contributed by atoms with E-state index in [1.165, 1.54) is 11.0 Å². The fourth-order valence-corrected chi connectivity index (χ4v) is 3.43. The highest BCUT2D eigenvalue weighted by Crippen LogP contribution is 2.28. The summed E-state index contributed by atoms with van der Waals surface area (Å²) in [5.74, 6) is -1.19. The van der Waals surface area contributed by atoms with Gasteiger partial charge < -0.3 is 15.0 Å². The van der Waals surface area contributed by atoms with Crippen molar-refractivity contribution in [2.75, 3.05) is 50.8 Å². The van der Waals surface area contributed by atoms with E-state index in [-0.39, 0.29) is 30.5 Å². The Balaban J connectivity index is 1.46. The number of aryl methyl sites for hydroxylation is 1. The number of morpholine rings is 1. The number of nitrogens with zero attached hydrogens (tertiary/aromatic N) is 2. The van der Waals surface area contributed by atoms with Gasteiger partial charge in [0.15, 0.2) is 0 Å². The van der Waals surface area contributed by atoms with Crippen LogP contribution in [0.5, 0.6) is 0 Å². The predicted molar refractivity (Wildman–Crippen MR) is 96.5 cm³/mol. The Morgan fingerprint density at radius 2 is 2.12 bits per heavy atom. The number of hydrogen-bond donors (Lipinski definition) is 1. The second-order valence-electron chi connectivity index (χ2n) is 6.96. The van der Waals surface area contributed by atoms with Crippen LogP contribution in [0.15, 0.2) is 18.2 Å². The highest BCUT2D eigenvalue weighted by atomic mass is 19.1. The molecular formula is C19H26FN3O3. The van der Waals surface area contributed by atoms with E-state index in [1.54, 1.807) is 19.1 Å². The minimum Gasteiger partial charge on any atom is -0.379 e. The Kier molecular flexibility index (Phi) is 6.21. The van der Waals surface area contributed by atoms with Gasteiger partial charge in [-0.3, -0.25) is 14.5 Å². The van der Waals surface area contributed by atoms with Gasteiger partial charge in [-0.15, -0.1) is 0 Å². The topological polar surface area (TPSA) is 61.9 Å². The molecule has 3 rings (SSSR count). The molecule has 1 aromatic rings. The van der Waals surface area contributed by atoms with E-state index in [4.69, 9.17) is 4.74 Å². The van der Waals surface area contributed by atoms with Gasteiger partial charge in [-0.25, -0.2) is 4.39 Å². The molecule has 0 radical (unpaired) electrons. The van der Waals surface area contributed by atoms with Crippen molar-refractivity contribution in [3.8, 4) is 0 Å². The third kappa shape index (κ3) is 4.59. The molecule has 0 aromatic heterocycles. The zero-order chi connectivity index (χ0) is 18.5. The highest BCUT2D eigenvalue weighted by molar-refractivity contribution is 6.00. The number of carbonyl (C=O) groups excluding carboxylic acids is 2. The number of benzene rings is 1. The molecule has 1 atom stereocenters. The summed E-state index contributed by atoms with van der Waals surface area (Å²) in [4.78, 5) is 28.3. The Labute approximate surface area is 153 Å². The predicted octanol–water partition coefficient (Wildman–Crippen LogP) is 1.33. The van der Waals surface area contributed by atoms with Crippen molar-refractivity contribution in [2.24, 2.45) is 5.92 Å². The van der Waals surface area contributed by atoms with Crippen LogP contribution in [0.3, 0.4) is 0 Å². The number of hydrogen-bond acceptors (Lipinski definition) is 4. The molecule has 2 heterocycles. The van der Waals surface area contributed by atoms with Crippen LogP contribution in [-0.2, 0) is 14.3 Å². The number of nitrogens with one attached hydrogen (secondary N) is 1. The van der Waals surface area contributed by atoms with Gasteiger partial charge in [-0.05, 0) is 37.6 Å². The summed E-state index contributed by atoms with van der Waals surface area (Å²) >= 11 is 0. The second kappa shape index (κ2) is 8.60. The Hall–Kier alpha value is -1.99. The van der Waals surface area contributed by atoms with Crippen LogP contribution >= 0.6 is 0 Å². The minimum absolute atomic E-state index is 0.128. The molecule has 0 unspecified atom stereocenters. The monoisotopic (exact) mass is 363 g/mol. The Morgan fingerprint density at radius 1 is 1.35 bits per heavy atom. The third-order valence-corrected chi connectivity index (χ3v) is 4.94. The van der Waals surface area contributed by atoms with Crippen LogP contribution in [0.2, 0.25) is 0 Å². The van der Waals surface area contributed by atoms with Crippen LogP contribution in [0, 0.1) is 18.7 Å². The van der Waals surface area contributed by atoms with Crippen molar-refractivity contribution in [3.05, 3.63) is 29.6 Å². The maximum atomic E-state index is 14.1. The van der Waals surface area contributed by atoms with Crippen molar-refractivity contribution in [2.45, 2.75) is 19.8 Å². The molecule has 2 saturated heterocycles. The first-order chi connectivity index (χ1) is 12.5. The summed E-state index contributed by atoms with van der Waals surface area (Å²) < 4.78 is 19.4. The van der Waals surface area contributed by atoms with E-state index < -0.39 is 11.7 Å². The lowest BCUT2D eigenvalue weighted by Crippen LogP contribution is -2.39. The van der Waals surface area contributed by atoms with E-state index in [1.807, 2.05) is 0 Å². The van der Waals surface area contributed by atoms with Crippen LogP contribution in [-0.4, -0.2) is 62.7 Å². The first kappa shape index (κ1) is 18.8. The summed E-state index contributed by atoms with van der Waals surface area (Å²) in [6, 6.07) is 4.78. The zero-order valence-corrected chi connectivity index (χ0v) is 15.2.